The summed E-state index contributed by atoms with van der Waals surface area (Å²) >= 11 is 0. The first kappa shape index (κ1) is 18.8. The van der Waals surface area contributed by atoms with Gasteiger partial charge in [0.05, 0.1) is 5.69 Å². The van der Waals surface area contributed by atoms with Gasteiger partial charge in [-0.05, 0) is 44.6 Å². The Morgan fingerprint density at radius 3 is 2.62 bits per heavy atom. The van der Waals surface area contributed by atoms with Gasteiger partial charge >= 0.3 is 0 Å². The Bertz CT molecular complexity index is 856. The lowest BCUT2D eigenvalue weighted by atomic mass is 9.94. The second-order valence-electron chi connectivity index (χ2n) is 8.89. The van der Waals surface area contributed by atoms with Crippen LogP contribution in [-0.4, -0.2) is 70.8 Å². The lowest BCUT2D eigenvalue weighted by Crippen LogP contribution is -2.48. The fraction of sp³-hybridized carbons (Fsp3) is 0.565. The van der Waals surface area contributed by atoms with E-state index < -0.39 is 0 Å². The van der Waals surface area contributed by atoms with E-state index in [2.05, 4.69) is 51.2 Å². The molecule has 4 fully saturated rings. The molecule has 2 aromatic rings. The number of aromatic amines is 1. The molecule has 4 aliphatic heterocycles. The molecule has 5 heterocycles. The predicted octanol–water partition coefficient (Wildman–Crippen LogP) is 3.10. The average Bonchev–Trinajstić information content (AvgIpc) is 3.06. The van der Waals surface area contributed by atoms with Gasteiger partial charge < -0.3 is 9.64 Å². The zero-order chi connectivity index (χ0) is 19.8. The first-order valence-corrected chi connectivity index (χ1v) is 10.9. The van der Waals surface area contributed by atoms with Gasteiger partial charge in [0.25, 0.3) is 5.91 Å². The summed E-state index contributed by atoms with van der Waals surface area (Å²) in [6.45, 7) is 6.78. The molecule has 29 heavy (non-hydrogen) atoms. The van der Waals surface area contributed by atoms with Crippen molar-refractivity contribution in [3.8, 4) is 11.3 Å². The molecular weight excluding hydrogens is 364 g/mol. The van der Waals surface area contributed by atoms with Gasteiger partial charge in [-0.25, -0.2) is 0 Å². The van der Waals surface area contributed by atoms with Crippen LogP contribution >= 0.6 is 0 Å². The van der Waals surface area contributed by atoms with Crippen molar-refractivity contribution in [2.45, 2.75) is 44.7 Å². The number of nitrogens with one attached hydrogen (secondary N) is 1. The van der Waals surface area contributed by atoms with E-state index in [1.54, 1.807) is 0 Å². The molecule has 4 saturated heterocycles. The van der Waals surface area contributed by atoms with Crippen molar-refractivity contribution in [1.29, 1.82) is 0 Å². The Morgan fingerprint density at radius 2 is 1.83 bits per heavy atom. The predicted molar refractivity (Wildman–Crippen MR) is 112 cm³/mol. The maximum absolute atomic E-state index is 13.3. The zero-order valence-corrected chi connectivity index (χ0v) is 17.1. The number of rotatable bonds is 3. The minimum Gasteiger partial charge on any atom is -0.381 e. The van der Waals surface area contributed by atoms with Crippen molar-refractivity contribution in [3.05, 3.63) is 41.6 Å². The van der Waals surface area contributed by atoms with Gasteiger partial charge in [0.1, 0.15) is 5.69 Å². The third kappa shape index (κ3) is 3.83. The minimum absolute atomic E-state index is 0.0967. The Morgan fingerprint density at radius 1 is 1.03 bits per heavy atom. The van der Waals surface area contributed by atoms with Crippen LogP contribution in [0.3, 0.4) is 0 Å². The molecule has 1 amide bonds. The van der Waals surface area contributed by atoms with Gasteiger partial charge in [-0.3, -0.25) is 14.8 Å². The fourth-order valence-electron chi connectivity index (χ4n) is 5.17. The number of amides is 1. The maximum Gasteiger partial charge on any atom is 0.272 e. The van der Waals surface area contributed by atoms with E-state index in [1.165, 1.54) is 12.0 Å². The Kier molecular flexibility index (Phi) is 5.14. The number of ether oxygens (including phenoxy) is 1. The molecule has 0 radical (unpaired) electrons. The summed E-state index contributed by atoms with van der Waals surface area (Å²) in [5.74, 6) is 0.666. The number of benzene rings is 1. The van der Waals surface area contributed by atoms with Gasteiger partial charge in [0.2, 0.25) is 0 Å². The molecule has 154 valence electrons. The van der Waals surface area contributed by atoms with Crippen LogP contribution in [0.2, 0.25) is 0 Å². The number of aromatic nitrogens is 2. The van der Waals surface area contributed by atoms with E-state index in [-0.39, 0.29) is 5.91 Å². The van der Waals surface area contributed by atoms with Gasteiger partial charge in [-0.2, -0.15) is 5.10 Å². The Hall–Kier alpha value is -2.18. The molecule has 2 unspecified atom stereocenters. The van der Waals surface area contributed by atoms with Crippen molar-refractivity contribution < 1.29 is 9.53 Å². The zero-order valence-electron chi connectivity index (χ0n) is 17.1. The quantitative estimate of drug-likeness (QED) is 0.869. The number of nitrogens with zero attached hydrogens (tertiary/aromatic N) is 3. The number of piperidine rings is 1. The van der Waals surface area contributed by atoms with Crippen molar-refractivity contribution >= 4 is 5.91 Å². The van der Waals surface area contributed by atoms with Crippen LogP contribution in [0.1, 0.15) is 41.7 Å². The molecule has 4 aliphatic rings. The monoisotopic (exact) mass is 394 g/mol. The minimum atomic E-state index is 0.0967. The summed E-state index contributed by atoms with van der Waals surface area (Å²) < 4.78 is 5.55. The number of hydrogen-bond donors (Lipinski definition) is 1. The van der Waals surface area contributed by atoms with Crippen LogP contribution in [0, 0.1) is 12.8 Å². The van der Waals surface area contributed by atoms with E-state index in [1.807, 2.05) is 6.07 Å². The van der Waals surface area contributed by atoms with Crippen LogP contribution in [0.4, 0.5) is 0 Å². The van der Waals surface area contributed by atoms with Crippen LogP contribution in [0.15, 0.2) is 30.3 Å². The third-order valence-corrected chi connectivity index (χ3v) is 6.87. The summed E-state index contributed by atoms with van der Waals surface area (Å²) in [7, 11) is 0. The molecule has 0 spiro atoms. The van der Waals surface area contributed by atoms with E-state index in [9.17, 15) is 4.79 Å². The summed E-state index contributed by atoms with van der Waals surface area (Å²) in [6.07, 6.45) is 4.57. The molecule has 2 bridgehead atoms. The van der Waals surface area contributed by atoms with E-state index in [4.69, 9.17) is 4.74 Å². The van der Waals surface area contributed by atoms with E-state index >= 15 is 0 Å². The largest absolute Gasteiger partial charge is 0.381 e. The second-order valence-corrected chi connectivity index (χ2v) is 8.89. The van der Waals surface area contributed by atoms with E-state index in [0.717, 1.165) is 63.4 Å². The first-order valence-electron chi connectivity index (χ1n) is 10.9. The van der Waals surface area contributed by atoms with Crippen LogP contribution in [-0.2, 0) is 4.74 Å². The highest BCUT2D eigenvalue weighted by Gasteiger charge is 2.39. The molecule has 2 atom stereocenters. The number of H-pyrrole nitrogens is 1. The molecule has 0 saturated carbocycles. The molecule has 1 aromatic carbocycles. The highest BCUT2D eigenvalue weighted by Crippen LogP contribution is 2.32. The fourth-order valence-corrected chi connectivity index (χ4v) is 5.17. The van der Waals surface area contributed by atoms with Crippen molar-refractivity contribution in [1.82, 2.24) is 20.0 Å². The molecule has 0 aliphatic carbocycles. The number of fused-ring (bicyclic) bond motifs is 4. The van der Waals surface area contributed by atoms with Crippen LogP contribution < -0.4 is 0 Å². The topological polar surface area (TPSA) is 61.5 Å². The highest BCUT2D eigenvalue weighted by atomic mass is 16.5. The molecule has 6 heteroatoms. The Labute approximate surface area is 172 Å². The lowest BCUT2D eigenvalue weighted by Gasteiger charge is -2.36. The maximum atomic E-state index is 13.3. The van der Waals surface area contributed by atoms with Crippen LogP contribution in [0.5, 0.6) is 0 Å². The molecule has 1 N–H and O–H groups in total. The van der Waals surface area contributed by atoms with Gasteiger partial charge in [-0.15, -0.1) is 0 Å². The van der Waals surface area contributed by atoms with Crippen molar-refractivity contribution in [2.75, 3.05) is 32.8 Å². The van der Waals surface area contributed by atoms with E-state index in [0.29, 0.717) is 23.7 Å². The summed E-state index contributed by atoms with van der Waals surface area (Å²) in [6, 6.07) is 11.1. The highest BCUT2D eigenvalue weighted by molar-refractivity contribution is 5.93. The summed E-state index contributed by atoms with van der Waals surface area (Å²) in [4.78, 5) is 18.1. The normalized spacial score (nSPS) is 25.9. The van der Waals surface area contributed by atoms with Gasteiger partial charge in [0.15, 0.2) is 0 Å². The number of aryl methyl sites for hydroxylation is 1. The Balaban J connectivity index is 1.32. The number of hydrogen-bond acceptors (Lipinski definition) is 4. The summed E-state index contributed by atoms with van der Waals surface area (Å²) in [5.41, 5.74) is 3.69. The number of carbonyl (C=O) groups is 1. The molecular formula is C23H30N4O2. The number of carbonyl (C=O) groups excluding carboxylic acids is 1. The summed E-state index contributed by atoms with van der Waals surface area (Å²) in [5, 5.41) is 7.41. The first-order chi connectivity index (χ1) is 14.2. The lowest BCUT2D eigenvalue weighted by molar-refractivity contribution is 0.0304. The van der Waals surface area contributed by atoms with Gasteiger partial charge in [0, 0.05) is 50.5 Å². The van der Waals surface area contributed by atoms with Crippen molar-refractivity contribution in [3.63, 3.8) is 0 Å². The molecule has 6 rings (SSSR count). The molecule has 6 nitrogen and oxygen atoms in total. The molecule has 1 aromatic heterocycles. The van der Waals surface area contributed by atoms with Gasteiger partial charge in [-0.1, -0.05) is 29.8 Å². The van der Waals surface area contributed by atoms with Crippen LogP contribution in [0.25, 0.3) is 11.3 Å². The van der Waals surface area contributed by atoms with Crippen molar-refractivity contribution in [2.24, 2.45) is 5.92 Å². The average molecular weight is 395 g/mol. The SMILES string of the molecule is Cc1ccc(-c2cc(C(=O)N3CC4CCC3CN(C3CCOCC3)C4)[nH]n2)cc1. The standard InChI is InChI=1S/C23H30N4O2/c1-16-2-5-18(6-3-16)21-12-22(25-24-21)23(28)27-14-17-4-7-20(27)15-26(13-17)19-8-10-29-11-9-19/h2-3,5-6,12,17,19-20H,4,7-11,13-15H2,1H3,(H,24,25). The second kappa shape index (κ2) is 7.92. The third-order valence-electron chi connectivity index (χ3n) is 6.87. The smallest absolute Gasteiger partial charge is 0.272 e.